The molecule has 9 nitrogen and oxygen atoms in total. The number of hydrazone groups is 1. The van der Waals surface area contributed by atoms with Crippen LogP contribution in [0, 0.1) is 5.92 Å². The molecule has 0 fully saturated rings. The predicted octanol–water partition coefficient (Wildman–Crippen LogP) is 3.87. The molecule has 0 saturated heterocycles. The van der Waals surface area contributed by atoms with Crippen molar-refractivity contribution in [3.8, 4) is 5.75 Å². The van der Waals surface area contributed by atoms with Gasteiger partial charge in [0.15, 0.2) is 5.84 Å². The van der Waals surface area contributed by atoms with Gasteiger partial charge in [-0.1, -0.05) is 38.1 Å². The van der Waals surface area contributed by atoms with Crippen molar-refractivity contribution in [1.29, 1.82) is 0 Å². The van der Waals surface area contributed by atoms with E-state index in [0.29, 0.717) is 11.4 Å². The average Bonchev–Trinajstić information content (AvgIpc) is 3.56. The van der Waals surface area contributed by atoms with Crippen molar-refractivity contribution in [2.75, 3.05) is 10.8 Å². The number of hydrogen-bond acceptors (Lipinski definition) is 9. The second kappa shape index (κ2) is 10.3. The van der Waals surface area contributed by atoms with Crippen molar-refractivity contribution in [3.63, 3.8) is 0 Å². The second-order valence-electron chi connectivity index (χ2n) is 8.22. The van der Waals surface area contributed by atoms with Crippen molar-refractivity contribution in [2.24, 2.45) is 11.0 Å². The molecule has 1 aromatic heterocycles. The maximum Gasteiger partial charge on any atom is 0.416 e. The Morgan fingerprint density at radius 1 is 1.14 bits per heavy atom. The molecule has 0 amide bonds. The van der Waals surface area contributed by atoms with Crippen molar-refractivity contribution < 1.29 is 26.3 Å². The van der Waals surface area contributed by atoms with Crippen LogP contribution >= 0.6 is 11.3 Å². The van der Waals surface area contributed by atoms with Gasteiger partial charge in [0.05, 0.1) is 11.3 Å². The number of hydrogen-bond donors (Lipinski definition) is 3. The Bertz CT molecular complexity index is 1330. The molecule has 0 unspecified atom stereocenters. The van der Waals surface area contributed by atoms with E-state index < -0.39 is 21.8 Å². The molecule has 3 aromatic rings. The Balaban J connectivity index is 1.68. The van der Waals surface area contributed by atoms with Crippen molar-refractivity contribution >= 4 is 32.9 Å². The predicted molar refractivity (Wildman–Crippen MR) is 130 cm³/mol. The van der Waals surface area contributed by atoms with Gasteiger partial charge in [0, 0.05) is 23.7 Å². The summed E-state index contributed by atoms with van der Waals surface area (Å²) in [5.74, 6) is 0.239. The zero-order chi connectivity index (χ0) is 25.9. The quantitative estimate of drug-likeness (QED) is 0.378. The lowest BCUT2D eigenvalue weighted by atomic mass is 10.1. The third-order valence-electron chi connectivity index (χ3n) is 5.03. The molecule has 4 rings (SSSR count). The first-order valence-corrected chi connectivity index (χ1v) is 13.1. The van der Waals surface area contributed by atoms with Crippen molar-refractivity contribution in [1.82, 2.24) is 21.5 Å². The van der Waals surface area contributed by atoms with E-state index in [1.807, 2.05) is 13.8 Å². The standard InChI is InChI=1S/C22H23F3N6O3S2/c1-14(2)12-31(36(32,33)21-26-9-10-35-21)18-8-7-17(22(23,24)25)11-19(18)34-13-15-3-5-16(6-4-15)20-27-29-30-28-20/h3-11,14,29-30H,12-13H2,1-2H3,(H,27,28). The van der Waals surface area contributed by atoms with Crippen LogP contribution in [0.1, 0.15) is 30.5 Å². The smallest absolute Gasteiger partial charge is 0.416 e. The third kappa shape index (κ3) is 5.71. The third-order valence-corrected chi connectivity index (χ3v) is 7.99. The zero-order valence-electron chi connectivity index (χ0n) is 19.2. The van der Waals surface area contributed by atoms with Gasteiger partial charge >= 0.3 is 6.18 Å². The van der Waals surface area contributed by atoms with Gasteiger partial charge in [0.2, 0.25) is 4.34 Å². The minimum atomic E-state index is -4.63. The van der Waals surface area contributed by atoms with Crippen molar-refractivity contribution in [3.05, 3.63) is 70.7 Å². The summed E-state index contributed by atoms with van der Waals surface area (Å²) < 4.78 is 73.9. The number of thiazole rings is 1. The summed E-state index contributed by atoms with van der Waals surface area (Å²) in [4.78, 5) is 3.91. The van der Waals surface area contributed by atoms with Gasteiger partial charge in [-0.3, -0.25) is 9.73 Å². The number of aromatic nitrogens is 1. The maximum absolute atomic E-state index is 13.5. The highest BCUT2D eigenvalue weighted by molar-refractivity contribution is 7.94. The van der Waals surface area contributed by atoms with Gasteiger partial charge < -0.3 is 4.74 Å². The molecule has 0 bridgehead atoms. The van der Waals surface area contributed by atoms with E-state index in [1.165, 1.54) is 11.6 Å². The van der Waals surface area contributed by atoms with Crippen LogP contribution in [0.25, 0.3) is 0 Å². The van der Waals surface area contributed by atoms with Gasteiger partial charge in [0.25, 0.3) is 10.0 Å². The molecule has 0 atom stereocenters. The molecule has 2 aromatic carbocycles. The van der Waals surface area contributed by atoms with Gasteiger partial charge in [-0.2, -0.15) is 21.6 Å². The summed E-state index contributed by atoms with van der Waals surface area (Å²) >= 11 is 0.930. The van der Waals surface area contributed by atoms with Crippen LogP contribution in [0.2, 0.25) is 0 Å². The first-order valence-electron chi connectivity index (χ1n) is 10.7. The number of benzene rings is 2. The first kappa shape index (κ1) is 25.7. The molecule has 36 heavy (non-hydrogen) atoms. The summed E-state index contributed by atoms with van der Waals surface area (Å²) in [7, 11) is -4.13. The van der Waals surface area contributed by atoms with Crippen LogP contribution in [-0.4, -0.2) is 25.8 Å². The first-order chi connectivity index (χ1) is 17.1. The highest BCUT2D eigenvalue weighted by atomic mass is 32.2. The lowest BCUT2D eigenvalue weighted by Gasteiger charge is -2.27. The number of ether oxygens (including phenoxy) is 1. The molecule has 0 saturated carbocycles. The summed E-state index contributed by atoms with van der Waals surface area (Å²) in [6, 6.07) is 9.81. The van der Waals surface area contributed by atoms with E-state index in [9.17, 15) is 21.6 Å². The van der Waals surface area contributed by atoms with E-state index in [0.717, 1.165) is 39.4 Å². The fourth-order valence-electron chi connectivity index (χ4n) is 3.36. The lowest BCUT2D eigenvalue weighted by Crippen LogP contribution is -2.35. The van der Waals surface area contributed by atoms with Crippen molar-refractivity contribution in [2.45, 2.75) is 31.0 Å². The molecule has 0 spiro atoms. The fraction of sp³-hybridized carbons (Fsp3) is 0.273. The van der Waals surface area contributed by atoms with Gasteiger partial charge in [-0.25, -0.2) is 10.5 Å². The molecular weight excluding hydrogens is 517 g/mol. The van der Waals surface area contributed by atoms with E-state index in [-0.39, 0.29) is 34.8 Å². The SMILES string of the molecule is CC(C)CN(c1ccc(C(F)(F)F)cc1OCc1ccc(C2=NNNN2)cc1)S(=O)(=O)c1nccs1. The normalized spacial score (nSPS) is 13.8. The van der Waals surface area contributed by atoms with Crippen LogP contribution in [0.5, 0.6) is 5.75 Å². The molecular formula is C22H23F3N6O3S2. The molecule has 192 valence electrons. The molecule has 1 aliphatic rings. The number of nitrogens with zero attached hydrogens (tertiary/aromatic N) is 3. The van der Waals surface area contributed by atoms with Gasteiger partial charge in [-0.15, -0.1) is 22.0 Å². The second-order valence-corrected chi connectivity index (χ2v) is 11.1. The highest BCUT2D eigenvalue weighted by Crippen LogP contribution is 2.39. The zero-order valence-corrected chi connectivity index (χ0v) is 20.8. The fourth-order valence-corrected chi connectivity index (χ4v) is 5.93. The maximum atomic E-state index is 13.5. The van der Waals surface area contributed by atoms with Gasteiger partial charge in [-0.05, 0) is 29.7 Å². The number of rotatable bonds is 9. The molecule has 1 aliphatic heterocycles. The van der Waals surface area contributed by atoms with Crippen LogP contribution in [0.3, 0.4) is 0 Å². The summed E-state index contributed by atoms with van der Waals surface area (Å²) in [6.07, 6.45) is -3.27. The van der Waals surface area contributed by atoms with E-state index >= 15 is 0 Å². The Hall–Kier alpha value is -3.36. The highest BCUT2D eigenvalue weighted by Gasteiger charge is 2.34. The largest absolute Gasteiger partial charge is 0.487 e. The summed E-state index contributed by atoms with van der Waals surface area (Å²) in [5.41, 5.74) is 8.49. The molecule has 0 radical (unpaired) electrons. The van der Waals surface area contributed by atoms with Crippen LogP contribution in [0.4, 0.5) is 18.9 Å². The number of anilines is 1. The van der Waals surface area contributed by atoms with Crippen LogP contribution in [0.15, 0.2) is 63.5 Å². The summed E-state index contributed by atoms with van der Waals surface area (Å²) in [5, 5.41) is 5.52. The average molecular weight is 541 g/mol. The molecule has 2 heterocycles. The Kier molecular flexibility index (Phi) is 7.38. The number of hydrazine groups is 2. The van der Waals surface area contributed by atoms with Gasteiger partial charge in [0.1, 0.15) is 12.4 Å². The topological polar surface area (TPSA) is 108 Å². The van der Waals surface area contributed by atoms with E-state index in [1.54, 1.807) is 24.3 Å². The monoisotopic (exact) mass is 540 g/mol. The Labute approximate surface area is 210 Å². The minimum Gasteiger partial charge on any atom is -0.487 e. The Morgan fingerprint density at radius 2 is 1.89 bits per heavy atom. The number of alkyl halides is 3. The minimum absolute atomic E-state index is 0.00480. The Morgan fingerprint density at radius 3 is 2.47 bits per heavy atom. The number of amidine groups is 1. The van der Waals surface area contributed by atoms with Crippen LogP contribution in [-0.2, 0) is 22.8 Å². The van der Waals surface area contributed by atoms with E-state index in [2.05, 4.69) is 26.6 Å². The van der Waals surface area contributed by atoms with Crippen LogP contribution < -0.4 is 25.5 Å². The number of nitrogens with one attached hydrogen (secondary N) is 3. The molecule has 14 heteroatoms. The molecule has 3 N–H and O–H groups in total. The van der Waals surface area contributed by atoms with E-state index in [4.69, 9.17) is 4.74 Å². The number of sulfonamides is 1. The summed E-state index contributed by atoms with van der Waals surface area (Å²) in [6.45, 7) is 3.56. The molecule has 0 aliphatic carbocycles. The number of halogens is 3. The lowest BCUT2D eigenvalue weighted by molar-refractivity contribution is -0.137.